The summed E-state index contributed by atoms with van der Waals surface area (Å²) < 4.78 is 26.8. The monoisotopic (exact) mass is 317 g/mol. The van der Waals surface area contributed by atoms with Crippen LogP contribution in [-0.2, 0) is 6.54 Å². The number of hydrogen-bond donors (Lipinski definition) is 2. The number of hydrogen-bond acceptors (Lipinski definition) is 5. The number of para-hydroxylation sites is 1. The van der Waals surface area contributed by atoms with Gasteiger partial charge in [0, 0.05) is 17.3 Å². The predicted octanol–water partition coefficient (Wildman–Crippen LogP) is 2.35. The summed E-state index contributed by atoms with van der Waals surface area (Å²) in [5.74, 6) is -1.00. The van der Waals surface area contributed by atoms with Gasteiger partial charge in [0.2, 0.25) is 5.82 Å². The van der Waals surface area contributed by atoms with Crippen molar-refractivity contribution in [2.45, 2.75) is 6.54 Å². The molecule has 0 saturated carbocycles. The zero-order valence-corrected chi connectivity index (χ0v) is 11.9. The molecular formula is C15H13F2N5O. The Morgan fingerprint density at radius 1 is 1.09 bits per heavy atom. The van der Waals surface area contributed by atoms with Gasteiger partial charge in [-0.15, -0.1) is 10.2 Å². The molecule has 0 unspecified atom stereocenters. The predicted molar refractivity (Wildman–Crippen MR) is 80.0 cm³/mol. The Kier molecular flexibility index (Phi) is 4.24. The Morgan fingerprint density at radius 2 is 1.91 bits per heavy atom. The van der Waals surface area contributed by atoms with Crippen molar-refractivity contribution >= 4 is 11.4 Å². The highest BCUT2D eigenvalue weighted by atomic mass is 19.1. The molecule has 0 aliphatic carbocycles. The van der Waals surface area contributed by atoms with Gasteiger partial charge in [-0.25, -0.2) is 8.78 Å². The highest BCUT2D eigenvalue weighted by Crippen LogP contribution is 2.28. The Morgan fingerprint density at radius 3 is 2.70 bits per heavy atom. The van der Waals surface area contributed by atoms with Gasteiger partial charge in [0.25, 0.3) is 0 Å². The molecule has 0 aliphatic heterocycles. The molecule has 0 saturated heterocycles. The molecule has 3 rings (SSSR count). The molecule has 0 amide bonds. The van der Waals surface area contributed by atoms with Crippen LogP contribution in [0.2, 0.25) is 0 Å². The maximum Gasteiger partial charge on any atom is 0.207 e. The second kappa shape index (κ2) is 6.49. The second-order valence-electron chi connectivity index (χ2n) is 4.73. The van der Waals surface area contributed by atoms with E-state index in [9.17, 15) is 8.78 Å². The minimum atomic E-state index is -0.698. The fourth-order valence-corrected chi connectivity index (χ4v) is 2.06. The highest BCUT2D eigenvalue weighted by molar-refractivity contribution is 5.77. The van der Waals surface area contributed by atoms with E-state index in [1.807, 2.05) is 0 Å². The number of aliphatic hydroxyl groups excluding tert-OH is 1. The summed E-state index contributed by atoms with van der Waals surface area (Å²) in [6.45, 7) is 0.131. The summed E-state index contributed by atoms with van der Waals surface area (Å²) in [6.07, 6.45) is 0. The van der Waals surface area contributed by atoms with E-state index in [2.05, 4.69) is 20.7 Å². The largest absolute Gasteiger partial charge is 0.394 e. The van der Waals surface area contributed by atoms with Crippen molar-refractivity contribution in [3.8, 4) is 11.4 Å². The van der Waals surface area contributed by atoms with Crippen LogP contribution in [0.25, 0.3) is 11.4 Å². The maximum absolute atomic E-state index is 13.8. The summed E-state index contributed by atoms with van der Waals surface area (Å²) in [7, 11) is 0. The van der Waals surface area contributed by atoms with Gasteiger partial charge in [0.1, 0.15) is 11.6 Å². The Bertz CT molecular complexity index is 821. The number of nitrogens with zero attached hydrogens (tertiary/aromatic N) is 4. The van der Waals surface area contributed by atoms with Crippen LogP contribution in [0.5, 0.6) is 0 Å². The van der Waals surface area contributed by atoms with Gasteiger partial charge in [-0.05, 0) is 29.5 Å². The van der Waals surface area contributed by atoms with E-state index in [1.54, 1.807) is 24.3 Å². The van der Waals surface area contributed by atoms with Gasteiger partial charge in [-0.1, -0.05) is 12.1 Å². The molecule has 1 heterocycles. The number of nitrogens with one attached hydrogen (secondary N) is 1. The third-order valence-electron chi connectivity index (χ3n) is 3.12. The maximum atomic E-state index is 13.8. The first-order valence-electron chi connectivity index (χ1n) is 6.87. The molecule has 6 nitrogen and oxygen atoms in total. The van der Waals surface area contributed by atoms with Crippen molar-refractivity contribution in [1.82, 2.24) is 20.2 Å². The van der Waals surface area contributed by atoms with E-state index in [-0.39, 0.29) is 18.8 Å². The quantitative estimate of drug-likeness (QED) is 0.755. The standard InChI is InChI=1S/C15H13F2N5O/c16-10-5-6-14(12(17)9-10)18-13-4-2-1-3-11(13)15-19-21-22(20-15)7-8-23/h1-6,9,18,23H,7-8H2. The molecule has 0 atom stereocenters. The van der Waals surface area contributed by atoms with Crippen molar-refractivity contribution in [1.29, 1.82) is 0 Å². The first kappa shape index (κ1) is 15.0. The lowest BCUT2D eigenvalue weighted by molar-refractivity contribution is 0.259. The minimum absolute atomic E-state index is 0.101. The zero-order chi connectivity index (χ0) is 16.2. The third-order valence-corrected chi connectivity index (χ3v) is 3.12. The van der Waals surface area contributed by atoms with Gasteiger partial charge >= 0.3 is 0 Å². The zero-order valence-electron chi connectivity index (χ0n) is 11.9. The smallest absolute Gasteiger partial charge is 0.207 e. The Labute approximate surface area is 130 Å². The number of benzene rings is 2. The Balaban J connectivity index is 1.93. The van der Waals surface area contributed by atoms with E-state index in [0.717, 1.165) is 6.07 Å². The van der Waals surface area contributed by atoms with Crippen molar-refractivity contribution in [3.63, 3.8) is 0 Å². The Hall–Kier alpha value is -2.87. The molecule has 2 aromatic carbocycles. The molecule has 2 N–H and O–H groups in total. The van der Waals surface area contributed by atoms with Crippen LogP contribution in [0, 0.1) is 11.6 Å². The SMILES string of the molecule is OCCn1nnc(-c2ccccc2Nc2ccc(F)cc2F)n1. The molecular weight excluding hydrogens is 304 g/mol. The topological polar surface area (TPSA) is 75.9 Å². The number of rotatable bonds is 5. The molecule has 8 heteroatoms. The lowest BCUT2D eigenvalue weighted by Gasteiger charge is -2.10. The molecule has 0 spiro atoms. The van der Waals surface area contributed by atoms with E-state index < -0.39 is 11.6 Å². The summed E-state index contributed by atoms with van der Waals surface area (Å²) in [4.78, 5) is 1.27. The summed E-state index contributed by atoms with van der Waals surface area (Å²) in [6, 6.07) is 10.3. The van der Waals surface area contributed by atoms with E-state index in [4.69, 9.17) is 5.11 Å². The van der Waals surface area contributed by atoms with Crippen LogP contribution in [0.15, 0.2) is 42.5 Å². The summed E-state index contributed by atoms with van der Waals surface area (Å²) >= 11 is 0. The van der Waals surface area contributed by atoms with Crippen LogP contribution in [0.1, 0.15) is 0 Å². The lowest BCUT2D eigenvalue weighted by atomic mass is 10.1. The fraction of sp³-hybridized carbons (Fsp3) is 0.133. The molecule has 23 heavy (non-hydrogen) atoms. The van der Waals surface area contributed by atoms with Gasteiger partial charge < -0.3 is 10.4 Å². The van der Waals surface area contributed by atoms with Crippen molar-refractivity contribution in [3.05, 3.63) is 54.1 Å². The van der Waals surface area contributed by atoms with Crippen molar-refractivity contribution < 1.29 is 13.9 Å². The fourth-order valence-electron chi connectivity index (χ4n) is 2.06. The van der Waals surface area contributed by atoms with Gasteiger partial charge in [-0.3, -0.25) is 0 Å². The second-order valence-corrected chi connectivity index (χ2v) is 4.73. The molecule has 118 valence electrons. The van der Waals surface area contributed by atoms with E-state index >= 15 is 0 Å². The van der Waals surface area contributed by atoms with Crippen LogP contribution in [0.4, 0.5) is 20.2 Å². The van der Waals surface area contributed by atoms with Crippen LogP contribution in [0.3, 0.4) is 0 Å². The van der Waals surface area contributed by atoms with Crippen LogP contribution < -0.4 is 5.32 Å². The molecule has 3 aromatic rings. The molecule has 0 aliphatic rings. The van der Waals surface area contributed by atoms with Crippen molar-refractivity contribution in [2.24, 2.45) is 0 Å². The highest BCUT2D eigenvalue weighted by Gasteiger charge is 2.12. The number of aromatic nitrogens is 4. The summed E-state index contributed by atoms with van der Waals surface area (Å²) in [5, 5.41) is 23.7. The van der Waals surface area contributed by atoms with Gasteiger partial charge in [0.15, 0.2) is 0 Å². The van der Waals surface area contributed by atoms with Gasteiger partial charge in [0.05, 0.1) is 18.8 Å². The van der Waals surface area contributed by atoms with Gasteiger partial charge in [-0.2, -0.15) is 4.80 Å². The molecule has 1 aromatic heterocycles. The van der Waals surface area contributed by atoms with Crippen LogP contribution >= 0.6 is 0 Å². The number of tetrazole rings is 1. The number of halogens is 2. The molecule has 0 fully saturated rings. The molecule has 0 bridgehead atoms. The number of anilines is 2. The molecule has 0 radical (unpaired) electrons. The summed E-state index contributed by atoms with van der Waals surface area (Å²) in [5.41, 5.74) is 1.31. The lowest BCUT2D eigenvalue weighted by Crippen LogP contribution is -2.05. The third kappa shape index (κ3) is 3.32. The number of aliphatic hydroxyl groups is 1. The van der Waals surface area contributed by atoms with E-state index in [0.29, 0.717) is 17.1 Å². The first-order valence-corrected chi connectivity index (χ1v) is 6.87. The van der Waals surface area contributed by atoms with Crippen molar-refractivity contribution in [2.75, 3.05) is 11.9 Å². The van der Waals surface area contributed by atoms with E-state index in [1.165, 1.54) is 16.9 Å². The normalized spacial score (nSPS) is 10.7. The minimum Gasteiger partial charge on any atom is -0.394 e. The first-order chi connectivity index (χ1) is 11.2. The average molecular weight is 317 g/mol. The van der Waals surface area contributed by atoms with Crippen LogP contribution in [-0.4, -0.2) is 31.9 Å². The average Bonchev–Trinajstić information content (AvgIpc) is 2.99.